The topological polar surface area (TPSA) is 52.9 Å². The minimum absolute atomic E-state index is 0.0435. The number of nitrogens with zero attached hydrogens (tertiary/aromatic N) is 1. The van der Waals surface area contributed by atoms with Crippen molar-refractivity contribution in [2.75, 3.05) is 26.8 Å². The van der Waals surface area contributed by atoms with Crippen LogP contribution in [0.4, 0.5) is 0 Å². The molecule has 0 amide bonds. The number of rotatable bonds is 6. The number of likely N-dealkylation sites (tertiary alicyclic amines) is 1. The van der Waals surface area contributed by atoms with Crippen LogP contribution in [0.2, 0.25) is 0 Å². The normalized spacial score (nSPS) is 24.6. The van der Waals surface area contributed by atoms with Crippen LogP contribution in [0.5, 0.6) is 5.75 Å². The smallest absolute Gasteiger partial charge is 0.126 e. The maximum Gasteiger partial charge on any atom is 0.126 e. The van der Waals surface area contributed by atoms with Gasteiger partial charge in [-0.05, 0) is 29.9 Å². The Morgan fingerprint density at radius 3 is 2.64 bits per heavy atom. The van der Waals surface area contributed by atoms with Gasteiger partial charge >= 0.3 is 0 Å². The molecule has 2 aromatic rings. The van der Waals surface area contributed by atoms with Gasteiger partial charge in [0.05, 0.1) is 19.8 Å². The number of aliphatic hydroxyl groups excluding tert-OH is 2. The van der Waals surface area contributed by atoms with E-state index in [2.05, 4.69) is 36.1 Å². The highest BCUT2D eigenvalue weighted by molar-refractivity contribution is 5.91. The van der Waals surface area contributed by atoms with Crippen molar-refractivity contribution in [1.82, 2.24) is 4.90 Å². The van der Waals surface area contributed by atoms with Gasteiger partial charge in [0.2, 0.25) is 0 Å². The van der Waals surface area contributed by atoms with Crippen molar-refractivity contribution < 1.29 is 14.9 Å². The molecule has 4 heteroatoms. The molecular weight excluding hydrogens is 314 g/mol. The summed E-state index contributed by atoms with van der Waals surface area (Å²) in [7, 11) is 1.70. The molecule has 1 saturated heterocycles. The summed E-state index contributed by atoms with van der Waals surface area (Å²) in [6, 6.07) is 12.5. The fourth-order valence-electron chi connectivity index (χ4n) is 4.24. The lowest BCUT2D eigenvalue weighted by Crippen LogP contribution is -2.53. The van der Waals surface area contributed by atoms with Crippen LogP contribution in [0.3, 0.4) is 0 Å². The van der Waals surface area contributed by atoms with Crippen LogP contribution in [0, 0.1) is 5.41 Å². The third-order valence-electron chi connectivity index (χ3n) is 5.62. The second-order valence-electron chi connectivity index (χ2n) is 7.26. The van der Waals surface area contributed by atoms with E-state index in [1.165, 1.54) is 10.9 Å². The maximum atomic E-state index is 10.5. The largest absolute Gasteiger partial charge is 0.496 e. The van der Waals surface area contributed by atoms with Gasteiger partial charge in [-0.3, -0.25) is 4.90 Å². The SMILES string of the molecule is CCC[C@@]1(CO)CN(Cc2ccc(OC)c3ccccc23)CC[C@H]1O. The summed E-state index contributed by atoms with van der Waals surface area (Å²) in [4.78, 5) is 2.37. The van der Waals surface area contributed by atoms with Crippen molar-refractivity contribution in [2.24, 2.45) is 5.41 Å². The van der Waals surface area contributed by atoms with Crippen molar-refractivity contribution in [1.29, 1.82) is 0 Å². The quantitative estimate of drug-likeness (QED) is 0.846. The fourth-order valence-corrected chi connectivity index (χ4v) is 4.24. The zero-order chi connectivity index (χ0) is 17.9. The molecule has 0 aliphatic carbocycles. The lowest BCUT2D eigenvalue weighted by Gasteiger charge is -2.45. The van der Waals surface area contributed by atoms with Crippen molar-refractivity contribution in [2.45, 2.75) is 38.8 Å². The summed E-state index contributed by atoms with van der Waals surface area (Å²) in [5.74, 6) is 0.893. The first-order chi connectivity index (χ1) is 12.1. The van der Waals surface area contributed by atoms with E-state index >= 15 is 0 Å². The highest BCUT2D eigenvalue weighted by atomic mass is 16.5. The monoisotopic (exact) mass is 343 g/mol. The van der Waals surface area contributed by atoms with Crippen LogP contribution in [-0.4, -0.2) is 48.0 Å². The predicted octanol–water partition coefficient (Wildman–Crippen LogP) is 3.19. The lowest BCUT2D eigenvalue weighted by molar-refractivity contribution is -0.0818. The average molecular weight is 343 g/mol. The van der Waals surface area contributed by atoms with Gasteiger partial charge < -0.3 is 14.9 Å². The van der Waals surface area contributed by atoms with Gasteiger partial charge in [-0.2, -0.15) is 0 Å². The molecule has 136 valence electrons. The van der Waals surface area contributed by atoms with Crippen LogP contribution < -0.4 is 4.74 Å². The Kier molecular flexibility index (Phi) is 5.62. The van der Waals surface area contributed by atoms with E-state index in [0.717, 1.165) is 43.6 Å². The van der Waals surface area contributed by atoms with Crippen molar-refractivity contribution in [3.63, 3.8) is 0 Å². The molecule has 0 unspecified atom stereocenters. The van der Waals surface area contributed by atoms with Gasteiger partial charge in [-0.25, -0.2) is 0 Å². The van der Waals surface area contributed by atoms with Gasteiger partial charge in [0.1, 0.15) is 5.75 Å². The Hall–Kier alpha value is -1.62. The second kappa shape index (κ2) is 7.73. The first-order valence-corrected chi connectivity index (χ1v) is 9.19. The summed E-state index contributed by atoms with van der Waals surface area (Å²) >= 11 is 0. The maximum absolute atomic E-state index is 10.5. The van der Waals surface area contributed by atoms with Gasteiger partial charge in [0.25, 0.3) is 0 Å². The van der Waals surface area contributed by atoms with E-state index in [0.29, 0.717) is 6.42 Å². The molecule has 2 N–H and O–H groups in total. The first-order valence-electron chi connectivity index (χ1n) is 9.19. The van der Waals surface area contributed by atoms with Crippen molar-refractivity contribution in [3.8, 4) is 5.75 Å². The molecule has 2 aromatic carbocycles. The Morgan fingerprint density at radius 2 is 1.96 bits per heavy atom. The van der Waals surface area contributed by atoms with Crippen LogP contribution in [0.25, 0.3) is 10.8 Å². The number of piperidine rings is 1. The predicted molar refractivity (Wildman–Crippen MR) is 101 cm³/mol. The van der Waals surface area contributed by atoms with Crippen LogP contribution in [0.15, 0.2) is 36.4 Å². The second-order valence-corrected chi connectivity index (χ2v) is 7.26. The van der Waals surface area contributed by atoms with E-state index in [1.807, 2.05) is 12.1 Å². The number of aliphatic hydroxyl groups is 2. The molecule has 0 saturated carbocycles. The third kappa shape index (κ3) is 3.52. The summed E-state index contributed by atoms with van der Waals surface area (Å²) in [6.45, 7) is 4.57. The highest BCUT2D eigenvalue weighted by Crippen LogP contribution is 2.36. The average Bonchev–Trinajstić information content (AvgIpc) is 2.65. The zero-order valence-electron chi connectivity index (χ0n) is 15.2. The fraction of sp³-hybridized carbons (Fsp3) is 0.524. The van der Waals surface area contributed by atoms with E-state index in [9.17, 15) is 10.2 Å². The van der Waals surface area contributed by atoms with Gasteiger partial charge in [0.15, 0.2) is 0 Å². The molecule has 0 spiro atoms. The molecular formula is C21H29NO3. The Labute approximate surface area is 150 Å². The minimum Gasteiger partial charge on any atom is -0.496 e. The number of ether oxygens (including phenoxy) is 1. The molecule has 3 rings (SSSR count). The van der Waals surface area contributed by atoms with E-state index in [1.54, 1.807) is 7.11 Å². The number of fused-ring (bicyclic) bond motifs is 1. The molecule has 1 aliphatic heterocycles. The molecule has 2 atom stereocenters. The van der Waals surface area contributed by atoms with E-state index in [-0.39, 0.29) is 6.61 Å². The highest BCUT2D eigenvalue weighted by Gasteiger charge is 2.41. The third-order valence-corrected chi connectivity index (χ3v) is 5.62. The lowest BCUT2D eigenvalue weighted by atomic mass is 9.74. The Morgan fingerprint density at radius 1 is 1.20 bits per heavy atom. The van der Waals surface area contributed by atoms with Crippen molar-refractivity contribution >= 4 is 10.8 Å². The summed E-state index contributed by atoms with van der Waals surface area (Å²) < 4.78 is 5.49. The standard InChI is InChI=1S/C21H29NO3/c1-3-11-21(15-23)14-22(12-10-20(21)24)13-16-8-9-19(25-2)18-7-5-4-6-17(16)18/h4-9,20,23-24H,3,10-15H2,1-2H3/t20-,21+/m1/s1. The molecule has 0 aromatic heterocycles. The van der Waals surface area contributed by atoms with Gasteiger partial charge in [-0.15, -0.1) is 0 Å². The Balaban J connectivity index is 1.86. The molecule has 1 aliphatic rings. The first kappa shape index (κ1) is 18.2. The van der Waals surface area contributed by atoms with Crippen LogP contribution >= 0.6 is 0 Å². The van der Waals surface area contributed by atoms with Gasteiger partial charge in [-0.1, -0.05) is 43.7 Å². The number of benzene rings is 2. The molecule has 25 heavy (non-hydrogen) atoms. The molecule has 0 bridgehead atoms. The van der Waals surface area contributed by atoms with Gasteiger partial charge in [0, 0.05) is 30.4 Å². The summed E-state index contributed by atoms with van der Waals surface area (Å²) in [5, 5.41) is 22.8. The van der Waals surface area contributed by atoms with E-state index < -0.39 is 11.5 Å². The summed E-state index contributed by atoms with van der Waals surface area (Å²) in [6.07, 6.45) is 2.12. The van der Waals surface area contributed by atoms with E-state index in [4.69, 9.17) is 4.74 Å². The minimum atomic E-state index is -0.415. The van der Waals surface area contributed by atoms with Crippen LogP contribution in [-0.2, 0) is 6.54 Å². The number of hydrogen-bond acceptors (Lipinski definition) is 4. The number of hydrogen-bond donors (Lipinski definition) is 2. The Bertz CT molecular complexity index is 717. The molecule has 4 nitrogen and oxygen atoms in total. The summed E-state index contributed by atoms with van der Waals surface area (Å²) in [5.41, 5.74) is 0.867. The van der Waals surface area contributed by atoms with Crippen LogP contribution in [0.1, 0.15) is 31.7 Å². The molecule has 1 fully saturated rings. The van der Waals surface area contributed by atoms with Crippen molar-refractivity contribution in [3.05, 3.63) is 42.0 Å². The molecule has 1 heterocycles. The molecule has 0 radical (unpaired) electrons. The zero-order valence-corrected chi connectivity index (χ0v) is 15.2. The number of methoxy groups -OCH3 is 1.